The summed E-state index contributed by atoms with van der Waals surface area (Å²) >= 11 is 0. The number of sulfone groups is 1. The van der Waals surface area contributed by atoms with E-state index in [0.29, 0.717) is 30.5 Å². The molecule has 1 aliphatic rings. The van der Waals surface area contributed by atoms with E-state index in [1.165, 1.54) is 6.26 Å². The van der Waals surface area contributed by atoms with E-state index in [-0.39, 0.29) is 17.7 Å². The molecule has 1 atom stereocenters. The quantitative estimate of drug-likeness (QED) is 0.761. The molecule has 0 aromatic heterocycles. The van der Waals surface area contributed by atoms with Gasteiger partial charge in [0, 0.05) is 30.0 Å². The molecule has 1 aromatic rings. The monoisotopic (exact) mass is 380 g/mol. The highest BCUT2D eigenvalue weighted by molar-refractivity contribution is 7.92. The number of carbonyl (C=O) groups is 2. The van der Waals surface area contributed by atoms with E-state index in [1.807, 2.05) is 20.8 Å². The SMILES string of the molecule is Cc1cc(C(=O)NC(C)C2(S(C)(=O)=O)CC2)ccc1NC(=O)CC(C)C. The van der Waals surface area contributed by atoms with Gasteiger partial charge in [-0.1, -0.05) is 13.8 Å². The van der Waals surface area contributed by atoms with Crippen LogP contribution in [-0.4, -0.2) is 37.3 Å². The van der Waals surface area contributed by atoms with Crippen molar-refractivity contribution in [1.29, 1.82) is 0 Å². The van der Waals surface area contributed by atoms with Crippen LogP contribution in [0.2, 0.25) is 0 Å². The minimum Gasteiger partial charge on any atom is -0.348 e. The molecule has 1 saturated carbocycles. The van der Waals surface area contributed by atoms with E-state index in [2.05, 4.69) is 10.6 Å². The van der Waals surface area contributed by atoms with Crippen LogP contribution in [0, 0.1) is 12.8 Å². The third kappa shape index (κ3) is 4.44. The molecule has 0 bridgehead atoms. The minimum absolute atomic E-state index is 0.0576. The zero-order chi connectivity index (χ0) is 19.7. The molecule has 0 heterocycles. The van der Waals surface area contributed by atoms with E-state index in [1.54, 1.807) is 25.1 Å². The number of benzene rings is 1. The topological polar surface area (TPSA) is 92.3 Å². The van der Waals surface area contributed by atoms with Crippen LogP contribution in [0.3, 0.4) is 0 Å². The summed E-state index contributed by atoms with van der Waals surface area (Å²) in [6.07, 6.45) is 2.81. The van der Waals surface area contributed by atoms with Gasteiger partial charge in [0.15, 0.2) is 9.84 Å². The maximum absolute atomic E-state index is 12.5. The Labute approximate surface area is 155 Å². The average Bonchev–Trinajstić information content (AvgIpc) is 3.29. The zero-order valence-corrected chi connectivity index (χ0v) is 16.9. The van der Waals surface area contributed by atoms with Gasteiger partial charge < -0.3 is 10.6 Å². The second-order valence-electron chi connectivity index (χ2n) is 7.71. The van der Waals surface area contributed by atoms with Crippen LogP contribution >= 0.6 is 0 Å². The molecule has 1 aliphatic carbocycles. The molecule has 6 nitrogen and oxygen atoms in total. The average molecular weight is 381 g/mol. The molecule has 0 radical (unpaired) electrons. The van der Waals surface area contributed by atoms with Crippen molar-refractivity contribution >= 4 is 27.3 Å². The van der Waals surface area contributed by atoms with Gasteiger partial charge in [-0.25, -0.2) is 8.42 Å². The van der Waals surface area contributed by atoms with Gasteiger partial charge in [-0.15, -0.1) is 0 Å². The lowest BCUT2D eigenvalue weighted by molar-refractivity contribution is -0.116. The van der Waals surface area contributed by atoms with E-state index in [9.17, 15) is 18.0 Å². The maximum Gasteiger partial charge on any atom is 0.251 e. The molecule has 1 aromatic carbocycles. The first-order valence-corrected chi connectivity index (χ1v) is 10.8. The normalized spacial score (nSPS) is 16.8. The van der Waals surface area contributed by atoms with Gasteiger partial charge in [0.05, 0.1) is 4.75 Å². The Hall–Kier alpha value is -1.89. The predicted molar refractivity (Wildman–Crippen MR) is 103 cm³/mol. The smallest absolute Gasteiger partial charge is 0.251 e. The van der Waals surface area contributed by atoms with Crippen molar-refractivity contribution in [3.05, 3.63) is 29.3 Å². The van der Waals surface area contributed by atoms with Crippen molar-refractivity contribution < 1.29 is 18.0 Å². The number of aryl methyl sites for hydroxylation is 1. The summed E-state index contributed by atoms with van der Waals surface area (Å²) in [6.45, 7) is 7.51. The number of rotatable bonds is 7. The van der Waals surface area contributed by atoms with Crippen LogP contribution in [0.15, 0.2) is 18.2 Å². The second kappa shape index (κ2) is 7.39. The van der Waals surface area contributed by atoms with Crippen LogP contribution in [0.1, 0.15) is 56.0 Å². The van der Waals surface area contributed by atoms with Crippen molar-refractivity contribution in [3.63, 3.8) is 0 Å². The summed E-state index contributed by atoms with van der Waals surface area (Å²) in [5.41, 5.74) is 1.90. The highest BCUT2D eigenvalue weighted by Gasteiger charge is 2.56. The van der Waals surface area contributed by atoms with Crippen LogP contribution in [0.5, 0.6) is 0 Å². The molecule has 7 heteroatoms. The van der Waals surface area contributed by atoms with E-state index in [4.69, 9.17) is 0 Å². The van der Waals surface area contributed by atoms with Gasteiger partial charge in [-0.2, -0.15) is 0 Å². The number of nitrogens with one attached hydrogen (secondary N) is 2. The molecule has 26 heavy (non-hydrogen) atoms. The first-order valence-electron chi connectivity index (χ1n) is 8.87. The minimum atomic E-state index is -3.22. The highest BCUT2D eigenvalue weighted by atomic mass is 32.2. The fourth-order valence-corrected chi connectivity index (χ4v) is 4.72. The standard InChI is InChI=1S/C19H28N2O4S/c1-12(2)10-17(22)21-16-7-6-15(11-13(16)3)18(23)20-14(4)19(8-9-19)26(5,24)25/h6-7,11-12,14H,8-10H2,1-5H3,(H,20,23)(H,21,22). The van der Waals surface area contributed by atoms with E-state index < -0.39 is 20.6 Å². The first kappa shape index (κ1) is 20.4. The number of carbonyl (C=O) groups excluding carboxylic acids is 2. The number of hydrogen-bond donors (Lipinski definition) is 2. The lowest BCUT2D eigenvalue weighted by Gasteiger charge is -2.23. The van der Waals surface area contributed by atoms with Gasteiger partial charge in [0.1, 0.15) is 0 Å². The third-order valence-electron chi connectivity index (χ3n) is 4.97. The molecule has 0 aliphatic heterocycles. The summed E-state index contributed by atoms with van der Waals surface area (Å²) in [4.78, 5) is 24.4. The second-order valence-corrected chi connectivity index (χ2v) is 10.1. The van der Waals surface area contributed by atoms with Gasteiger partial charge >= 0.3 is 0 Å². The fraction of sp³-hybridized carbons (Fsp3) is 0.579. The highest BCUT2D eigenvalue weighted by Crippen LogP contribution is 2.46. The lowest BCUT2D eigenvalue weighted by Crippen LogP contribution is -2.46. The lowest BCUT2D eigenvalue weighted by atomic mass is 10.1. The maximum atomic E-state index is 12.5. The summed E-state index contributed by atoms with van der Waals surface area (Å²) in [6, 6.07) is 4.60. The Bertz CT molecular complexity index is 811. The summed E-state index contributed by atoms with van der Waals surface area (Å²) in [7, 11) is -3.22. The number of amides is 2. The largest absolute Gasteiger partial charge is 0.348 e. The van der Waals surface area contributed by atoms with Crippen LogP contribution in [0.25, 0.3) is 0 Å². The summed E-state index contributed by atoms with van der Waals surface area (Å²) in [5, 5.41) is 5.67. The molecule has 2 amide bonds. The number of anilines is 1. The third-order valence-corrected chi connectivity index (χ3v) is 7.21. The Kier molecular flexibility index (Phi) is 5.80. The van der Waals surface area contributed by atoms with Crippen molar-refractivity contribution in [2.45, 2.75) is 57.7 Å². The van der Waals surface area contributed by atoms with Crippen molar-refractivity contribution in [2.75, 3.05) is 11.6 Å². The van der Waals surface area contributed by atoms with Crippen molar-refractivity contribution in [2.24, 2.45) is 5.92 Å². The molecule has 144 valence electrons. The molecule has 2 rings (SSSR count). The zero-order valence-electron chi connectivity index (χ0n) is 16.0. The summed E-state index contributed by atoms with van der Waals surface area (Å²) < 4.78 is 23.1. The Morgan fingerprint density at radius 2 is 1.81 bits per heavy atom. The van der Waals surface area contributed by atoms with E-state index >= 15 is 0 Å². The molecule has 1 fully saturated rings. The predicted octanol–water partition coefficient (Wildman–Crippen LogP) is 2.68. The molecule has 1 unspecified atom stereocenters. The van der Waals surface area contributed by atoms with Crippen LogP contribution in [0.4, 0.5) is 5.69 Å². The molecule has 0 spiro atoms. The van der Waals surface area contributed by atoms with E-state index in [0.717, 1.165) is 5.56 Å². The van der Waals surface area contributed by atoms with Gasteiger partial charge in [-0.3, -0.25) is 9.59 Å². The first-order chi connectivity index (χ1) is 12.0. The Balaban J connectivity index is 2.06. The van der Waals surface area contributed by atoms with Gasteiger partial charge in [0.25, 0.3) is 5.91 Å². The van der Waals surface area contributed by atoms with Crippen molar-refractivity contribution in [3.8, 4) is 0 Å². The van der Waals surface area contributed by atoms with Crippen molar-refractivity contribution in [1.82, 2.24) is 5.32 Å². The molecule has 2 N–H and O–H groups in total. The van der Waals surface area contributed by atoms with Crippen LogP contribution in [-0.2, 0) is 14.6 Å². The van der Waals surface area contributed by atoms with Gasteiger partial charge in [-0.05, 0) is 56.4 Å². The fourth-order valence-electron chi connectivity index (χ4n) is 3.18. The molecular weight excluding hydrogens is 352 g/mol. The number of hydrogen-bond acceptors (Lipinski definition) is 4. The summed E-state index contributed by atoms with van der Waals surface area (Å²) in [5.74, 6) is -0.0974. The molecule has 0 saturated heterocycles. The van der Waals surface area contributed by atoms with Gasteiger partial charge in [0.2, 0.25) is 5.91 Å². The molecular formula is C19H28N2O4S. The van der Waals surface area contributed by atoms with Crippen LogP contribution < -0.4 is 10.6 Å². The Morgan fingerprint density at radius 1 is 1.19 bits per heavy atom. The Morgan fingerprint density at radius 3 is 2.27 bits per heavy atom.